The van der Waals surface area contributed by atoms with E-state index in [9.17, 15) is 14.0 Å². The number of carbonyl (C=O) groups is 2. The van der Waals surface area contributed by atoms with E-state index in [4.69, 9.17) is 0 Å². The molecule has 0 spiro atoms. The summed E-state index contributed by atoms with van der Waals surface area (Å²) in [4.78, 5) is 28.9. The predicted octanol–water partition coefficient (Wildman–Crippen LogP) is 3.48. The molecule has 150 valence electrons. The Morgan fingerprint density at radius 1 is 1.18 bits per heavy atom. The zero-order valence-electron chi connectivity index (χ0n) is 16.8. The van der Waals surface area contributed by atoms with Crippen molar-refractivity contribution in [3.05, 3.63) is 72.3 Å². The van der Waals surface area contributed by atoms with Crippen LogP contribution in [0.25, 0.3) is 0 Å². The highest BCUT2D eigenvalue weighted by molar-refractivity contribution is 5.96. The Hall–Kier alpha value is -2.89. The number of hydrogen-bond donors (Lipinski definition) is 0. The van der Waals surface area contributed by atoms with E-state index in [2.05, 4.69) is 6.58 Å². The molecular formula is C22H28FN3O2. The van der Waals surface area contributed by atoms with Crippen molar-refractivity contribution in [3.8, 4) is 0 Å². The van der Waals surface area contributed by atoms with Gasteiger partial charge in [0.05, 0.1) is 12.1 Å². The molecule has 0 N–H and O–H groups in total. The number of rotatable bonds is 9. The number of hydrogen-bond acceptors (Lipinski definition) is 2. The lowest BCUT2D eigenvalue weighted by Gasteiger charge is -2.28. The minimum Gasteiger partial charge on any atom is -0.353 e. The van der Waals surface area contributed by atoms with Gasteiger partial charge in [0, 0.05) is 32.0 Å². The first kappa shape index (κ1) is 21.4. The van der Waals surface area contributed by atoms with Gasteiger partial charge in [-0.25, -0.2) is 4.39 Å². The zero-order valence-corrected chi connectivity index (χ0v) is 16.8. The van der Waals surface area contributed by atoms with E-state index >= 15 is 0 Å². The highest BCUT2D eigenvalue weighted by Gasteiger charge is 2.24. The van der Waals surface area contributed by atoms with Crippen LogP contribution >= 0.6 is 0 Å². The Morgan fingerprint density at radius 3 is 2.46 bits per heavy atom. The Labute approximate surface area is 166 Å². The van der Waals surface area contributed by atoms with Crippen molar-refractivity contribution in [2.75, 3.05) is 19.6 Å². The minimum atomic E-state index is -0.600. The van der Waals surface area contributed by atoms with Gasteiger partial charge in [-0.2, -0.15) is 0 Å². The van der Waals surface area contributed by atoms with Gasteiger partial charge in [-0.15, -0.1) is 6.58 Å². The third kappa shape index (κ3) is 5.55. The van der Waals surface area contributed by atoms with Crippen LogP contribution in [0.5, 0.6) is 0 Å². The molecule has 0 bridgehead atoms. The van der Waals surface area contributed by atoms with Gasteiger partial charge < -0.3 is 14.4 Å². The molecular weight excluding hydrogens is 357 g/mol. The van der Waals surface area contributed by atoms with Gasteiger partial charge in [0.15, 0.2) is 0 Å². The monoisotopic (exact) mass is 385 g/mol. The second-order valence-electron chi connectivity index (χ2n) is 7.23. The number of carbonyl (C=O) groups excluding carboxylic acids is 2. The number of nitrogens with zero attached hydrogens (tertiary/aromatic N) is 3. The van der Waals surface area contributed by atoms with Gasteiger partial charge in [0.1, 0.15) is 12.4 Å². The van der Waals surface area contributed by atoms with Gasteiger partial charge in [0.2, 0.25) is 5.91 Å². The molecule has 0 saturated heterocycles. The maximum atomic E-state index is 14.0. The van der Waals surface area contributed by atoms with Crippen LogP contribution in [0, 0.1) is 11.7 Å². The number of amides is 2. The van der Waals surface area contributed by atoms with Crippen LogP contribution in [0.4, 0.5) is 4.39 Å². The van der Waals surface area contributed by atoms with E-state index in [-0.39, 0.29) is 30.5 Å². The number of aryl methyl sites for hydroxylation is 1. The summed E-state index contributed by atoms with van der Waals surface area (Å²) in [7, 11) is 1.93. The Bertz CT molecular complexity index is 829. The summed E-state index contributed by atoms with van der Waals surface area (Å²) in [6, 6.07) is 9.69. The van der Waals surface area contributed by atoms with Crippen LogP contribution in [0.2, 0.25) is 0 Å². The summed E-state index contributed by atoms with van der Waals surface area (Å²) in [5, 5.41) is 0. The average molecular weight is 385 g/mol. The first-order chi connectivity index (χ1) is 13.3. The van der Waals surface area contributed by atoms with Gasteiger partial charge >= 0.3 is 0 Å². The quantitative estimate of drug-likeness (QED) is 0.621. The number of halogens is 1. The molecule has 0 aliphatic carbocycles. The number of aromatic nitrogens is 1. The molecule has 6 heteroatoms. The van der Waals surface area contributed by atoms with E-state index in [1.807, 2.05) is 43.8 Å². The smallest absolute Gasteiger partial charge is 0.257 e. The molecule has 0 fully saturated rings. The van der Waals surface area contributed by atoms with Gasteiger partial charge in [-0.1, -0.05) is 32.1 Å². The summed E-state index contributed by atoms with van der Waals surface area (Å²) in [5.74, 6) is -1.02. The van der Waals surface area contributed by atoms with Crippen molar-refractivity contribution >= 4 is 11.8 Å². The Balaban J connectivity index is 2.19. The topological polar surface area (TPSA) is 45.6 Å². The fraction of sp³-hybridized carbons (Fsp3) is 0.364. The fourth-order valence-corrected chi connectivity index (χ4v) is 2.99. The predicted molar refractivity (Wildman–Crippen MR) is 108 cm³/mol. The maximum Gasteiger partial charge on any atom is 0.257 e. The van der Waals surface area contributed by atoms with Gasteiger partial charge in [-0.3, -0.25) is 9.59 Å². The van der Waals surface area contributed by atoms with E-state index in [1.54, 1.807) is 11.0 Å². The van der Waals surface area contributed by atoms with E-state index in [1.165, 1.54) is 29.2 Å². The Morgan fingerprint density at radius 2 is 1.89 bits per heavy atom. The molecule has 5 nitrogen and oxygen atoms in total. The lowest BCUT2D eigenvalue weighted by molar-refractivity contribution is -0.133. The van der Waals surface area contributed by atoms with E-state index in [0.29, 0.717) is 13.1 Å². The second kappa shape index (κ2) is 9.88. The second-order valence-corrected chi connectivity index (χ2v) is 7.23. The fourth-order valence-electron chi connectivity index (χ4n) is 2.99. The SMILES string of the molecule is C=CCN(CC(=O)N(Cc1cccn1C)CC(C)C)C(=O)c1ccccc1F. The van der Waals surface area contributed by atoms with Crippen molar-refractivity contribution in [2.24, 2.45) is 13.0 Å². The van der Waals surface area contributed by atoms with Gasteiger partial charge in [-0.05, 0) is 30.2 Å². The molecule has 0 aliphatic heterocycles. The molecule has 0 saturated carbocycles. The largest absolute Gasteiger partial charge is 0.353 e. The van der Waals surface area contributed by atoms with Crippen molar-refractivity contribution in [1.82, 2.24) is 14.4 Å². The van der Waals surface area contributed by atoms with Crippen molar-refractivity contribution in [2.45, 2.75) is 20.4 Å². The zero-order chi connectivity index (χ0) is 20.7. The van der Waals surface area contributed by atoms with Crippen LogP contribution < -0.4 is 0 Å². The summed E-state index contributed by atoms with van der Waals surface area (Å²) >= 11 is 0. The minimum absolute atomic E-state index is 0.0463. The molecule has 0 radical (unpaired) electrons. The molecule has 1 aromatic heterocycles. The summed E-state index contributed by atoms with van der Waals surface area (Å²) in [6.45, 7) is 8.79. The molecule has 28 heavy (non-hydrogen) atoms. The Kier molecular flexibility index (Phi) is 7.55. The van der Waals surface area contributed by atoms with Crippen LogP contribution in [-0.2, 0) is 18.4 Å². The highest BCUT2D eigenvalue weighted by Crippen LogP contribution is 2.13. The molecule has 2 amide bonds. The molecule has 2 rings (SSSR count). The molecule has 0 aliphatic rings. The van der Waals surface area contributed by atoms with Crippen molar-refractivity contribution in [1.29, 1.82) is 0 Å². The summed E-state index contributed by atoms with van der Waals surface area (Å²) < 4.78 is 16.0. The standard InChI is InChI=1S/C22H28FN3O2/c1-5-12-25(22(28)19-10-6-7-11-20(19)23)16-21(27)26(14-17(2)3)15-18-9-8-13-24(18)4/h5-11,13,17H,1,12,14-16H2,2-4H3. The summed E-state index contributed by atoms with van der Waals surface area (Å²) in [5.41, 5.74) is 0.958. The highest BCUT2D eigenvalue weighted by atomic mass is 19.1. The molecule has 1 heterocycles. The molecule has 2 aromatic rings. The van der Waals surface area contributed by atoms with Crippen LogP contribution in [0.3, 0.4) is 0 Å². The lowest BCUT2D eigenvalue weighted by Crippen LogP contribution is -2.44. The normalized spacial score (nSPS) is 10.8. The summed E-state index contributed by atoms with van der Waals surface area (Å²) in [6.07, 6.45) is 3.47. The molecule has 0 atom stereocenters. The van der Waals surface area contributed by atoms with Crippen LogP contribution in [0.1, 0.15) is 29.9 Å². The van der Waals surface area contributed by atoms with E-state index < -0.39 is 11.7 Å². The first-order valence-corrected chi connectivity index (χ1v) is 9.36. The van der Waals surface area contributed by atoms with Gasteiger partial charge in [0.25, 0.3) is 5.91 Å². The average Bonchev–Trinajstić information content (AvgIpc) is 3.05. The maximum absolute atomic E-state index is 14.0. The van der Waals surface area contributed by atoms with Crippen molar-refractivity contribution in [3.63, 3.8) is 0 Å². The lowest BCUT2D eigenvalue weighted by atomic mass is 10.1. The third-order valence-corrected chi connectivity index (χ3v) is 4.41. The molecule has 1 aromatic carbocycles. The number of benzene rings is 1. The van der Waals surface area contributed by atoms with Crippen LogP contribution in [0.15, 0.2) is 55.3 Å². The third-order valence-electron chi connectivity index (χ3n) is 4.41. The van der Waals surface area contributed by atoms with Crippen LogP contribution in [-0.4, -0.2) is 45.8 Å². The van der Waals surface area contributed by atoms with E-state index in [0.717, 1.165) is 5.69 Å². The van der Waals surface area contributed by atoms with Crippen molar-refractivity contribution < 1.29 is 14.0 Å². The molecule has 0 unspecified atom stereocenters. The first-order valence-electron chi connectivity index (χ1n) is 9.36.